The number of nitrogens with zero attached hydrogens (tertiary/aromatic N) is 2. The highest BCUT2D eigenvalue weighted by atomic mass is 32.1. The van der Waals surface area contributed by atoms with Gasteiger partial charge >= 0.3 is 0 Å². The average Bonchev–Trinajstić information content (AvgIpc) is 2.94. The van der Waals surface area contributed by atoms with Gasteiger partial charge in [0.15, 0.2) is 6.61 Å². The van der Waals surface area contributed by atoms with Gasteiger partial charge in [-0.15, -0.1) is 10.2 Å². The summed E-state index contributed by atoms with van der Waals surface area (Å²) in [5, 5.41) is 12.0. The fourth-order valence-electron chi connectivity index (χ4n) is 1.77. The molecule has 1 N–H and O–H groups in total. The first-order chi connectivity index (χ1) is 10.7. The topological polar surface area (TPSA) is 64.1 Å². The minimum atomic E-state index is -0.346. The lowest BCUT2D eigenvalue weighted by atomic mass is 10.2. The van der Waals surface area contributed by atoms with Crippen molar-refractivity contribution in [3.63, 3.8) is 0 Å². The molecule has 0 atom stereocenters. The number of rotatable bonds is 8. The molecule has 0 fully saturated rings. The predicted molar refractivity (Wildman–Crippen MR) is 83.7 cm³/mol. The zero-order valence-electron chi connectivity index (χ0n) is 12.3. The van der Waals surface area contributed by atoms with Crippen LogP contribution < -0.4 is 10.1 Å². The maximum absolute atomic E-state index is 12.7. The van der Waals surface area contributed by atoms with Crippen molar-refractivity contribution >= 4 is 22.4 Å². The number of aryl methyl sites for hydroxylation is 1. The maximum atomic E-state index is 12.7. The third-order valence-corrected chi connectivity index (χ3v) is 3.79. The van der Waals surface area contributed by atoms with Gasteiger partial charge in [0, 0.05) is 6.42 Å². The highest BCUT2D eigenvalue weighted by Gasteiger charge is 2.09. The molecule has 2 aromatic rings. The molecule has 1 heterocycles. The van der Waals surface area contributed by atoms with Crippen molar-refractivity contribution in [2.75, 3.05) is 11.9 Å². The fourth-order valence-corrected chi connectivity index (χ4v) is 2.56. The predicted octanol–water partition coefficient (Wildman–Crippen LogP) is 3.43. The lowest BCUT2D eigenvalue weighted by molar-refractivity contribution is -0.118. The second-order valence-electron chi connectivity index (χ2n) is 4.75. The molecule has 0 spiro atoms. The molecule has 22 heavy (non-hydrogen) atoms. The second kappa shape index (κ2) is 8.43. The SMILES string of the molecule is CCCCCc1nnc(NC(=O)COc2ccc(F)cc2)s1. The van der Waals surface area contributed by atoms with Crippen molar-refractivity contribution in [1.29, 1.82) is 0 Å². The van der Waals surface area contributed by atoms with Crippen LogP contribution in [-0.4, -0.2) is 22.7 Å². The van der Waals surface area contributed by atoms with Crippen LogP contribution in [0.15, 0.2) is 24.3 Å². The van der Waals surface area contributed by atoms with E-state index in [9.17, 15) is 9.18 Å². The Labute approximate surface area is 132 Å². The minimum Gasteiger partial charge on any atom is -0.484 e. The number of hydrogen-bond acceptors (Lipinski definition) is 5. The van der Waals surface area contributed by atoms with Crippen molar-refractivity contribution in [1.82, 2.24) is 10.2 Å². The molecule has 0 saturated carbocycles. The van der Waals surface area contributed by atoms with E-state index in [-0.39, 0.29) is 18.3 Å². The van der Waals surface area contributed by atoms with Crippen molar-refractivity contribution in [2.45, 2.75) is 32.6 Å². The van der Waals surface area contributed by atoms with Gasteiger partial charge in [0.1, 0.15) is 16.6 Å². The van der Waals surface area contributed by atoms with Gasteiger partial charge in [0.25, 0.3) is 5.91 Å². The molecule has 1 amide bonds. The first kappa shape index (κ1) is 16.4. The van der Waals surface area contributed by atoms with Gasteiger partial charge in [0.2, 0.25) is 5.13 Å². The van der Waals surface area contributed by atoms with Crippen molar-refractivity contribution in [3.05, 3.63) is 35.1 Å². The van der Waals surface area contributed by atoms with Crippen LogP contribution in [0.2, 0.25) is 0 Å². The van der Waals surface area contributed by atoms with E-state index in [1.54, 1.807) is 0 Å². The number of amides is 1. The molecule has 0 bridgehead atoms. The smallest absolute Gasteiger partial charge is 0.264 e. The molecule has 0 aliphatic heterocycles. The number of carbonyl (C=O) groups is 1. The summed E-state index contributed by atoms with van der Waals surface area (Å²) < 4.78 is 18.0. The van der Waals surface area contributed by atoms with Crippen LogP contribution in [-0.2, 0) is 11.2 Å². The molecule has 5 nitrogen and oxygen atoms in total. The van der Waals surface area contributed by atoms with E-state index >= 15 is 0 Å². The van der Waals surface area contributed by atoms with E-state index < -0.39 is 0 Å². The van der Waals surface area contributed by atoms with Crippen LogP contribution in [0.1, 0.15) is 31.2 Å². The number of ether oxygens (including phenoxy) is 1. The number of halogens is 1. The summed E-state index contributed by atoms with van der Waals surface area (Å²) >= 11 is 1.38. The first-order valence-electron chi connectivity index (χ1n) is 7.18. The number of carbonyl (C=O) groups excluding carboxylic acids is 1. The number of hydrogen-bond donors (Lipinski definition) is 1. The Kier molecular flexibility index (Phi) is 6.27. The lowest BCUT2D eigenvalue weighted by Crippen LogP contribution is -2.20. The molecule has 0 aliphatic rings. The van der Waals surface area contributed by atoms with Gasteiger partial charge in [-0.3, -0.25) is 10.1 Å². The first-order valence-corrected chi connectivity index (χ1v) is 7.99. The van der Waals surface area contributed by atoms with Gasteiger partial charge in [-0.25, -0.2) is 4.39 Å². The van der Waals surface area contributed by atoms with E-state index in [4.69, 9.17) is 4.74 Å². The molecular weight excluding hydrogens is 305 g/mol. The summed E-state index contributed by atoms with van der Waals surface area (Å²) in [7, 11) is 0. The highest BCUT2D eigenvalue weighted by molar-refractivity contribution is 7.15. The second-order valence-corrected chi connectivity index (χ2v) is 5.81. The molecule has 1 aromatic carbocycles. The number of unbranched alkanes of at least 4 members (excludes halogenated alkanes) is 2. The number of aromatic nitrogens is 2. The molecule has 7 heteroatoms. The standard InChI is InChI=1S/C15H18FN3O2S/c1-2-3-4-5-14-18-19-15(22-14)17-13(20)10-21-12-8-6-11(16)7-9-12/h6-9H,2-5,10H2,1H3,(H,17,19,20). The third kappa shape index (κ3) is 5.40. The Morgan fingerprint density at radius 1 is 1.27 bits per heavy atom. The largest absolute Gasteiger partial charge is 0.484 e. The monoisotopic (exact) mass is 323 g/mol. The van der Waals surface area contributed by atoms with Crippen molar-refractivity contribution < 1.29 is 13.9 Å². The van der Waals surface area contributed by atoms with E-state index in [1.807, 2.05) is 0 Å². The number of nitrogens with one attached hydrogen (secondary N) is 1. The lowest BCUT2D eigenvalue weighted by Gasteiger charge is -2.05. The van der Waals surface area contributed by atoms with Crippen molar-refractivity contribution in [3.8, 4) is 5.75 Å². The van der Waals surface area contributed by atoms with E-state index in [2.05, 4.69) is 22.4 Å². The van der Waals surface area contributed by atoms with Crippen molar-refractivity contribution in [2.24, 2.45) is 0 Å². The Hall–Kier alpha value is -2.02. The molecule has 0 saturated heterocycles. The van der Waals surface area contributed by atoms with E-state index in [1.165, 1.54) is 35.6 Å². The average molecular weight is 323 g/mol. The molecule has 2 rings (SSSR count). The molecule has 0 unspecified atom stereocenters. The maximum Gasteiger partial charge on any atom is 0.264 e. The summed E-state index contributed by atoms with van der Waals surface area (Å²) in [6.07, 6.45) is 4.27. The molecule has 0 aliphatic carbocycles. The van der Waals surface area contributed by atoms with Crippen LogP contribution in [0.4, 0.5) is 9.52 Å². The van der Waals surface area contributed by atoms with Gasteiger partial charge < -0.3 is 4.74 Å². The van der Waals surface area contributed by atoms with Gasteiger partial charge in [-0.05, 0) is 30.7 Å². The highest BCUT2D eigenvalue weighted by Crippen LogP contribution is 2.17. The van der Waals surface area contributed by atoms with Crippen LogP contribution in [0, 0.1) is 5.82 Å². The van der Waals surface area contributed by atoms with Crippen LogP contribution >= 0.6 is 11.3 Å². The molecule has 1 aromatic heterocycles. The van der Waals surface area contributed by atoms with Gasteiger partial charge in [-0.2, -0.15) is 0 Å². The summed E-state index contributed by atoms with van der Waals surface area (Å²) in [6.45, 7) is 1.99. The van der Waals surface area contributed by atoms with Gasteiger partial charge in [0.05, 0.1) is 0 Å². The third-order valence-electron chi connectivity index (χ3n) is 2.89. The van der Waals surface area contributed by atoms with Crippen LogP contribution in [0.25, 0.3) is 0 Å². The molecular formula is C15H18FN3O2S. The zero-order chi connectivity index (χ0) is 15.8. The summed E-state index contributed by atoms with van der Waals surface area (Å²) in [5.41, 5.74) is 0. The molecule has 0 radical (unpaired) electrons. The minimum absolute atomic E-state index is 0.156. The Morgan fingerprint density at radius 3 is 2.77 bits per heavy atom. The number of benzene rings is 1. The Morgan fingerprint density at radius 2 is 2.05 bits per heavy atom. The Bertz CT molecular complexity index is 601. The summed E-state index contributed by atoms with van der Waals surface area (Å²) in [6, 6.07) is 5.50. The molecule has 118 valence electrons. The van der Waals surface area contributed by atoms with Crippen LogP contribution in [0.3, 0.4) is 0 Å². The fraction of sp³-hybridized carbons (Fsp3) is 0.400. The summed E-state index contributed by atoms with van der Waals surface area (Å²) in [5.74, 6) is -0.226. The Balaban J connectivity index is 1.75. The van der Waals surface area contributed by atoms with Gasteiger partial charge in [-0.1, -0.05) is 31.1 Å². The quantitative estimate of drug-likeness (QED) is 0.756. The van der Waals surface area contributed by atoms with Crippen LogP contribution in [0.5, 0.6) is 5.75 Å². The summed E-state index contributed by atoms with van der Waals surface area (Å²) in [4.78, 5) is 11.8. The van der Waals surface area contributed by atoms with E-state index in [0.717, 1.165) is 30.7 Å². The normalized spacial score (nSPS) is 10.5. The number of anilines is 1. The zero-order valence-corrected chi connectivity index (χ0v) is 13.2. The van der Waals surface area contributed by atoms with E-state index in [0.29, 0.717) is 10.9 Å².